The van der Waals surface area contributed by atoms with E-state index in [0.717, 1.165) is 23.9 Å². The SMILES string of the molecule is C=C(NN1C(=O)[C@H](CC(=O)Nc2ccc(F)cc2F)SC1=NC)c1cccc(-n2cnnn2)c1. The van der Waals surface area contributed by atoms with Gasteiger partial charge in [0.1, 0.15) is 23.2 Å². The van der Waals surface area contributed by atoms with Gasteiger partial charge < -0.3 is 5.32 Å². The molecule has 1 saturated heterocycles. The quantitative estimate of drug-likeness (QED) is 0.529. The molecule has 10 nitrogen and oxygen atoms in total. The molecule has 2 N–H and O–H groups in total. The Kier molecular flexibility index (Phi) is 6.63. The molecule has 4 rings (SSSR count). The van der Waals surface area contributed by atoms with Crippen LogP contribution in [0.25, 0.3) is 11.4 Å². The number of hydrazine groups is 1. The number of rotatable bonds is 7. The standard InChI is InChI=1S/C21H18F2N8O2S/c1-12(13-4-3-5-15(8-13)30-11-25-28-29-30)27-31-20(33)18(34-21(31)24-2)10-19(32)26-17-7-6-14(22)9-16(17)23/h3-9,11,18,27H,1,10H2,2H3,(H,26,32)/t18-/m0/s1. The first kappa shape index (κ1) is 23.0. The van der Waals surface area contributed by atoms with Gasteiger partial charge >= 0.3 is 0 Å². The Labute approximate surface area is 196 Å². The molecule has 0 unspecified atom stereocenters. The highest BCUT2D eigenvalue weighted by Crippen LogP contribution is 2.30. The number of hydrogen-bond acceptors (Lipinski definition) is 8. The molecule has 34 heavy (non-hydrogen) atoms. The number of aliphatic imine (C=N–C) groups is 1. The summed E-state index contributed by atoms with van der Waals surface area (Å²) in [5.41, 5.74) is 4.54. The number of tetrazole rings is 1. The van der Waals surface area contributed by atoms with Crippen molar-refractivity contribution in [3.05, 3.63) is 72.6 Å². The molecular formula is C21H18F2N8O2S. The summed E-state index contributed by atoms with van der Waals surface area (Å²) in [5, 5.41) is 14.2. The fourth-order valence-corrected chi connectivity index (χ4v) is 4.17. The van der Waals surface area contributed by atoms with Gasteiger partial charge in [-0.2, -0.15) is 5.01 Å². The topological polar surface area (TPSA) is 117 Å². The van der Waals surface area contributed by atoms with E-state index in [1.54, 1.807) is 18.2 Å². The van der Waals surface area contributed by atoms with Gasteiger partial charge in [-0.05, 0) is 34.7 Å². The van der Waals surface area contributed by atoms with E-state index in [1.807, 2.05) is 6.07 Å². The summed E-state index contributed by atoms with van der Waals surface area (Å²) in [7, 11) is 1.52. The molecule has 13 heteroatoms. The molecular weight excluding hydrogens is 466 g/mol. The first-order valence-corrected chi connectivity index (χ1v) is 10.8. The fourth-order valence-electron chi connectivity index (χ4n) is 3.13. The number of amides is 2. The van der Waals surface area contributed by atoms with Crippen molar-refractivity contribution in [2.75, 3.05) is 12.4 Å². The molecule has 1 fully saturated rings. The Balaban J connectivity index is 1.43. The lowest BCUT2D eigenvalue weighted by Gasteiger charge is -2.20. The third-order valence-corrected chi connectivity index (χ3v) is 5.99. The molecule has 2 heterocycles. The normalized spacial score (nSPS) is 16.7. The number of thioether (sulfide) groups is 1. The van der Waals surface area contributed by atoms with Gasteiger partial charge in [0.25, 0.3) is 5.91 Å². The molecule has 2 amide bonds. The minimum absolute atomic E-state index is 0.169. The second kappa shape index (κ2) is 9.79. The number of halogens is 2. The molecule has 0 radical (unpaired) electrons. The second-order valence-electron chi connectivity index (χ2n) is 7.06. The van der Waals surface area contributed by atoms with Crippen molar-refractivity contribution >= 4 is 40.1 Å². The Hall–Kier alpha value is -4.13. The van der Waals surface area contributed by atoms with Crippen molar-refractivity contribution in [3.63, 3.8) is 0 Å². The van der Waals surface area contributed by atoms with Gasteiger partial charge in [-0.1, -0.05) is 30.5 Å². The lowest BCUT2D eigenvalue weighted by Crippen LogP contribution is -2.42. The van der Waals surface area contributed by atoms with Crippen molar-refractivity contribution in [3.8, 4) is 5.69 Å². The van der Waals surface area contributed by atoms with Crippen LogP contribution in [0.3, 0.4) is 0 Å². The van der Waals surface area contributed by atoms with E-state index in [-0.39, 0.29) is 12.1 Å². The fraction of sp³-hybridized carbons (Fsp3) is 0.143. The summed E-state index contributed by atoms with van der Waals surface area (Å²) in [4.78, 5) is 29.5. The van der Waals surface area contributed by atoms with E-state index in [2.05, 4.69) is 37.8 Å². The number of carbonyl (C=O) groups excluding carboxylic acids is 2. The van der Waals surface area contributed by atoms with Gasteiger partial charge in [0.05, 0.1) is 17.1 Å². The van der Waals surface area contributed by atoms with Crippen LogP contribution in [0.4, 0.5) is 14.5 Å². The maximum absolute atomic E-state index is 13.8. The summed E-state index contributed by atoms with van der Waals surface area (Å²) in [5.74, 6) is -2.68. The minimum atomic E-state index is -0.905. The van der Waals surface area contributed by atoms with Crippen LogP contribution in [0.15, 0.2) is 60.4 Å². The van der Waals surface area contributed by atoms with Crippen LogP contribution in [0.2, 0.25) is 0 Å². The molecule has 3 aromatic rings. The number of aromatic nitrogens is 4. The van der Waals surface area contributed by atoms with Crippen LogP contribution in [0.5, 0.6) is 0 Å². The van der Waals surface area contributed by atoms with Gasteiger partial charge in [-0.3, -0.25) is 20.0 Å². The third kappa shape index (κ3) is 4.93. The maximum Gasteiger partial charge on any atom is 0.261 e. The number of nitrogens with zero attached hydrogens (tertiary/aromatic N) is 6. The van der Waals surface area contributed by atoms with Gasteiger partial charge in [0.15, 0.2) is 5.17 Å². The van der Waals surface area contributed by atoms with Crippen LogP contribution < -0.4 is 10.7 Å². The second-order valence-corrected chi connectivity index (χ2v) is 8.23. The Bertz CT molecular complexity index is 1280. The molecule has 2 aromatic carbocycles. The van der Waals surface area contributed by atoms with E-state index >= 15 is 0 Å². The summed E-state index contributed by atoms with van der Waals surface area (Å²) in [6.07, 6.45) is 1.21. The maximum atomic E-state index is 13.8. The smallest absolute Gasteiger partial charge is 0.261 e. The molecule has 1 aliphatic rings. The molecule has 0 saturated carbocycles. The number of hydrogen-bond donors (Lipinski definition) is 2. The Morgan fingerprint density at radius 2 is 2.09 bits per heavy atom. The minimum Gasteiger partial charge on any atom is -0.324 e. The monoisotopic (exact) mass is 484 g/mol. The first-order valence-electron chi connectivity index (χ1n) is 9.87. The average molecular weight is 484 g/mol. The zero-order chi connectivity index (χ0) is 24.2. The highest BCUT2D eigenvalue weighted by atomic mass is 32.2. The van der Waals surface area contributed by atoms with Gasteiger partial charge in [0, 0.05) is 25.1 Å². The van der Waals surface area contributed by atoms with E-state index < -0.39 is 28.7 Å². The lowest BCUT2D eigenvalue weighted by atomic mass is 10.1. The number of amidine groups is 1. The van der Waals surface area contributed by atoms with E-state index in [9.17, 15) is 18.4 Å². The van der Waals surface area contributed by atoms with E-state index in [0.29, 0.717) is 28.2 Å². The predicted molar refractivity (Wildman–Crippen MR) is 123 cm³/mol. The number of carbonyl (C=O) groups is 2. The van der Waals surface area contributed by atoms with Crippen LogP contribution in [-0.2, 0) is 9.59 Å². The lowest BCUT2D eigenvalue weighted by molar-refractivity contribution is -0.129. The van der Waals surface area contributed by atoms with Crippen molar-refractivity contribution in [2.24, 2.45) is 4.99 Å². The number of benzene rings is 2. The third-order valence-electron chi connectivity index (χ3n) is 4.76. The van der Waals surface area contributed by atoms with Gasteiger partial charge in [0.2, 0.25) is 5.91 Å². The van der Waals surface area contributed by atoms with E-state index in [1.165, 1.54) is 23.1 Å². The highest BCUT2D eigenvalue weighted by molar-refractivity contribution is 8.15. The average Bonchev–Trinajstić information content (AvgIpc) is 3.46. The predicted octanol–water partition coefficient (Wildman–Crippen LogP) is 2.37. The number of anilines is 1. The zero-order valence-electron chi connectivity index (χ0n) is 17.8. The Morgan fingerprint density at radius 3 is 2.79 bits per heavy atom. The van der Waals surface area contributed by atoms with Gasteiger partial charge in [-0.25, -0.2) is 13.5 Å². The van der Waals surface area contributed by atoms with Crippen LogP contribution >= 0.6 is 11.8 Å². The zero-order valence-corrected chi connectivity index (χ0v) is 18.6. The summed E-state index contributed by atoms with van der Waals surface area (Å²) in [6.45, 7) is 3.99. The summed E-state index contributed by atoms with van der Waals surface area (Å²) in [6, 6.07) is 9.98. The molecule has 0 spiro atoms. The molecule has 1 aromatic heterocycles. The number of nitrogens with one attached hydrogen (secondary N) is 2. The van der Waals surface area contributed by atoms with Crippen molar-refractivity contribution in [1.29, 1.82) is 0 Å². The molecule has 0 bridgehead atoms. The first-order chi connectivity index (χ1) is 16.4. The highest BCUT2D eigenvalue weighted by Gasteiger charge is 2.39. The summed E-state index contributed by atoms with van der Waals surface area (Å²) >= 11 is 1.09. The largest absolute Gasteiger partial charge is 0.324 e. The van der Waals surface area contributed by atoms with Crippen molar-refractivity contribution in [1.82, 2.24) is 30.6 Å². The molecule has 1 aliphatic heterocycles. The Morgan fingerprint density at radius 1 is 1.26 bits per heavy atom. The van der Waals surface area contributed by atoms with Gasteiger partial charge in [-0.15, -0.1) is 5.10 Å². The molecule has 174 valence electrons. The summed E-state index contributed by atoms with van der Waals surface area (Å²) < 4.78 is 28.4. The van der Waals surface area contributed by atoms with Crippen LogP contribution in [-0.4, -0.2) is 54.5 Å². The van der Waals surface area contributed by atoms with E-state index in [4.69, 9.17) is 0 Å². The van der Waals surface area contributed by atoms with Crippen LogP contribution in [0.1, 0.15) is 12.0 Å². The molecule has 1 atom stereocenters. The molecule has 0 aliphatic carbocycles. The van der Waals surface area contributed by atoms with Crippen molar-refractivity contribution < 1.29 is 18.4 Å². The van der Waals surface area contributed by atoms with Crippen LogP contribution in [0, 0.1) is 11.6 Å². The van der Waals surface area contributed by atoms with Crippen molar-refractivity contribution in [2.45, 2.75) is 11.7 Å².